The highest BCUT2D eigenvalue weighted by atomic mass is 16.2. The van der Waals surface area contributed by atoms with E-state index < -0.39 is 0 Å². The zero-order valence-electron chi connectivity index (χ0n) is 13.0. The predicted molar refractivity (Wildman–Crippen MR) is 88.8 cm³/mol. The Balaban J connectivity index is 1.54. The largest absolute Gasteiger partial charge is 0.336 e. The van der Waals surface area contributed by atoms with Gasteiger partial charge in [0.05, 0.1) is 11.6 Å². The zero-order chi connectivity index (χ0) is 16.1. The van der Waals surface area contributed by atoms with Gasteiger partial charge in [-0.3, -0.25) is 9.69 Å². The number of amides is 1. The van der Waals surface area contributed by atoms with Crippen LogP contribution in [0, 0.1) is 11.3 Å². The lowest BCUT2D eigenvalue weighted by atomic mass is 10.1. The minimum atomic E-state index is 0.114. The van der Waals surface area contributed by atoms with Crippen molar-refractivity contribution in [3.63, 3.8) is 0 Å². The first-order valence-electron chi connectivity index (χ1n) is 7.82. The Morgan fingerprint density at radius 3 is 2.22 bits per heavy atom. The number of hydrogen-bond donors (Lipinski definition) is 0. The molecule has 2 aromatic carbocycles. The number of hydrogen-bond acceptors (Lipinski definition) is 3. The molecule has 1 fully saturated rings. The van der Waals surface area contributed by atoms with Gasteiger partial charge in [-0.2, -0.15) is 5.26 Å². The third-order valence-electron chi connectivity index (χ3n) is 4.17. The van der Waals surface area contributed by atoms with E-state index in [1.54, 1.807) is 0 Å². The Bertz CT molecular complexity index is 696. The van der Waals surface area contributed by atoms with Crippen LogP contribution < -0.4 is 0 Å². The average Bonchev–Trinajstić information content (AvgIpc) is 2.63. The highest BCUT2D eigenvalue weighted by Crippen LogP contribution is 2.12. The quantitative estimate of drug-likeness (QED) is 0.875. The van der Waals surface area contributed by atoms with Crippen LogP contribution in [0.2, 0.25) is 0 Å². The van der Waals surface area contributed by atoms with E-state index in [-0.39, 0.29) is 5.91 Å². The Morgan fingerprint density at radius 2 is 1.61 bits per heavy atom. The van der Waals surface area contributed by atoms with Crippen LogP contribution in [-0.4, -0.2) is 41.9 Å². The fourth-order valence-corrected chi connectivity index (χ4v) is 2.82. The molecule has 4 nitrogen and oxygen atoms in total. The van der Waals surface area contributed by atoms with Gasteiger partial charge in [-0.05, 0) is 29.8 Å². The van der Waals surface area contributed by atoms with Crippen molar-refractivity contribution < 1.29 is 4.79 Å². The Hall–Kier alpha value is -2.64. The van der Waals surface area contributed by atoms with E-state index >= 15 is 0 Å². The molecule has 3 rings (SSSR count). The number of nitrogens with zero attached hydrogens (tertiary/aromatic N) is 3. The van der Waals surface area contributed by atoms with Crippen molar-refractivity contribution >= 4 is 5.91 Å². The van der Waals surface area contributed by atoms with Gasteiger partial charge in [-0.25, -0.2) is 0 Å². The molecule has 1 heterocycles. The molecule has 0 atom stereocenters. The molecule has 0 spiro atoms. The first-order valence-corrected chi connectivity index (χ1v) is 7.82. The SMILES string of the molecule is N#Cc1ccc(CN2CCN(C(=O)c3ccccc3)CC2)cc1. The molecule has 1 aliphatic rings. The van der Waals surface area contributed by atoms with E-state index in [4.69, 9.17) is 5.26 Å². The van der Waals surface area contributed by atoms with Crippen molar-refractivity contribution in [1.29, 1.82) is 5.26 Å². The van der Waals surface area contributed by atoms with Crippen LogP contribution in [0.15, 0.2) is 54.6 Å². The summed E-state index contributed by atoms with van der Waals surface area (Å²) in [7, 11) is 0. The molecule has 0 saturated carbocycles. The minimum Gasteiger partial charge on any atom is -0.336 e. The molecule has 2 aromatic rings. The van der Waals surface area contributed by atoms with Crippen molar-refractivity contribution in [2.24, 2.45) is 0 Å². The number of carbonyl (C=O) groups excluding carboxylic acids is 1. The number of benzene rings is 2. The Kier molecular flexibility index (Phi) is 4.70. The number of nitriles is 1. The van der Waals surface area contributed by atoms with E-state index in [0.29, 0.717) is 5.56 Å². The Labute approximate surface area is 136 Å². The summed E-state index contributed by atoms with van der Waals surface area (Å²) in [6.07, 6.45) is 0. The summed E-state index contributed by atoms with van der Waals surface area (Å²) in [4.78, 5) is 16.7. The van der Waals surface area contributed by atoms with E-state index in [9.17, 15) is 4.79 Å². The van der Waals surface area contributed by atoms with Crippen LogP contribution in [0.25, 0.3) is 0 Å². The van der Waals surface area contributed by atoms with Crippen LogP contribution in [-0.2, 0) is 6.54 Å². The third-order valence-corrected chi connectivity index (χ3v) is 4.17. The monoisotopic (exact) mass is 305 g/mol. The van der Waals surface area contributed by atoms with Gasteiger partial charge in [-0.1, -0.05) is 30.3 Å². The molecule has 0 N–H and O–H groups in total. The van der Waals surface area contributed by atoms with Crippen LogP contribution in [0.1, 0.15) is 21.5 Å². The second-order valence-electron chi connectivity index (χ2n) is 5.74. The summed E-state index contributed by atoms with van der Waals surface area (Å²) >= 11 is 0. The predicted octanol–water partition coefficient (Wildman–Crippen LogP) is 2.52. The molecular weight excluding hydrogens is 286 g/mol. The molecular formula is C19H19N3O. The van der Waals surface area contributed by atoms with Gasteiger partial charge in [0, 0.05) is 38.3 Å². The van der Waals surface area contributed by atoms with Gasteiger partial charge in [0.1, 0.15) is 0 Å². The van der Waals surface area contributed by atoms with Crippen molar-refractivity contribution in [3.8, 4) is 6.07 Å². The summed E-state index contributed by atoms with van der Waals surface area (Å²) < 4.78 is 0. The van der Waals surface area contributed by atoms with Crippen LogP contribution in [0.4, 0.5) is 0 Å². The molecule has 116 valence electrons. The van der Waals surface area contributed by atoms with Crippen molar-refractivity contribution in [3.05, 3.63) is 71.3 Å². The zero-order valence-corrected chi connectivity index (χ0v) is 13.0. The second kappa shape index (κ2) is 7.08. The first-order chi connectivity index (χ1) is 11.3. The second-order valence-corrected chi connectivity index (χ2v) is 5.74. The lowest BCUT2D eigenvalue weighted by Crippen LogP contribution is -2.48. The molecule has 0 radical (unpaired) electrons. The third kappa shape index (κ3) is 3.77. The lowest BCUT2D eigenvalue weighted by molar-refractivity contribution is 0.0628. The standard InChI is InChI=1S/C19H19N3O/c20-14-16-6-8-17(9-7-16)15-21-10-12-22(13-11-21)19(23)18-4-2-1-3-5-18/h1-9H,10-13,15H2. The lowest BCUT2D eigenvalue weighted by Gasteiger charge is -2.34. The van der Waals surface area contributed by atoms with Gasteiger partial charge in [0.2, 0.25) is 0 Å². The fourth-order valence-electron chi connectivity index (χ4n) is 2.82. The molecule has 1 saturated heterocycles. The minimum absolute atomic E-state index is 0.114. The Morgan fingerprint density at radius 1 is 0.957 bits per heavy atom. The smallest absolute Gasteiger partial charge is 0.253 e. The normalized spacial score (nSPS) is 15.2. The summed E-state index contributed by atoms with van der Waals surface area (Å²) in [6, 6.07) is 19.3. The molecule has 1 amide bonds. The number of carbonyl (C=O) groups is 1. The average molecular weight is 305 g/mol. The van der Waals surface area contributed by atoms with E-state index in [1.165, 1.54) is 5.56 Å². The van der Waals surface area contributed by atoms with E-state index in [2.05, 4.69) is 11.0 Å². The molecule has 23 heavy (non-hydrogen) atoms. The highest BCUT2D eigenvalue weighted by Gasteiger charge is 2.21. The number of piperazine rings is 1. The highest BCUT2D eigenvalue weighted by molar-refractivity contribution is 5.94. The van der Waals surface area contributed by atoms with Crippen LogP contribution in [0.3, 0.4) is 0 Å². The van der Waals surface area contributed by atoms with Crippen molar-refractivity contribution in [2.45, 2.75) is 6.54 Å². The van der Waals surface area contributed by atoms with E-state index in [1.807, 2.05) is 59.5 Å². The topological polar surface area (TPSA) is 47.3 Å². The van der Waals surface area contributed by atoms with Gasteiger partial charge < -0.3 is 4.90 Å². The maximum absolute atomic E-state index is 12.4. The summed E-state index contributed by atoms with van der Waals surface area (Å²) in [5.74, 6) is 0.114. The molecule has 0 aliphatic carbocycles. The van der Waals surface area contributed by atoms with E-state index in [0.717, 1.165) is 38.3 Å². The summed E-state index contributed by atoms with van der Waals surface area (Å²) in [6.45, 7) is 4.12. The molecule has 4 heteroatoms. The van der Waals surface area contributed by atoms with Gasteiger partial charge in [0.25, 0.3) is 5.91 Å². The maximum Gasteiger partial charge on any atom is 0.253 e. The van der Waals surface area contributed by atoms with Crippen molar-refractivity contribution in [2.75, 3.05) is 26.2 Å². The molecule has 0 bridgehead atoms. The summed E-state index contributed by atoms with van der Waals surface area (Å²) in [5.41, 5.74) is 2.65. The van der Waals surface area contributed by atoms with Crippen molar-refractivity contribution in [1.82, 2.24) is 9.80 Å². The molecule has 1 aliphatic heterocycles. The number of rotatable bonds is 3. The summed E-state index contributed by atoms with van der Waals surface area (Å²) in [5, 5.41) is 8.83. The first kappa shape index (κ1) is 15.3. The van der Waals surface area contributed by atoms with Gasteiger partial charge >= 0.3 is 0 Å². The van der Waals surface area contributed by atoms with Gasteiger partial charge in [-0.15, -0.1) is 0 Å². The molecule has 0 aromatic heterocycles. The maximum atomic E-state index is 12.4. The van der Waals surface area contributed by atoms with Gasteiger partial charge in [0.15, 0.2) is 0 Å². The van der Waals surface area contributed by atoms with Crippen LogP contribution >= 0.6 is 0 Å². The van der Waals surface area contributed by atoms with Crippen LogP contribution in [0.5, 0.6) is 0 Å². The fraction of sp³-hybridized carbons (Fsp3) is 0.263. The molecule has 0 unspecified atom stereocenters.